The van der Waals surface area contributed by atoms with Crippen molar-refractivity contribution in [3.05, 3.63) is 0 Å². The average Bonchev–Trinajstić information content (AvgIpc) is 2.43. The van der Waals surface area contributed by atoms with Gasteiger partial charge in [0.05, 0.1) is 27.6 Å². The van der Waals surface area contributed by atoms with Crippen LogP contribution in [0, 0.1) is 5.92 Å². The van der Waals surface area contributed by atoms with Crippen molar-refractivity contribution < 1.29 is 23.6 Å². The molecule has 3 unspecified atom stereocenters. The Morgan fingerprint density at radius 1 is 1.43 bits per heavy atom. The average molecular weight is 317 g/mol. The number of nitrogens with zero attached hydrogens (tertiary/aromatic N) is 1. The van der Waals surface area contributed by atoms with Crippen LogP contribution in [-0.4, -0.2) is 54.0 Å². The third-order valence-electron chi connectivity index (χ3n) is 3.95. The molecule has 0 aromatic rings. The fourth-order valence-corrected chi connectivity index (χ4v) is 5.07. The number of ether oxygens (including phenoxy) is 1. The second-order valence-electron chi connectivity index (χ2n) is 7.24. The molecule has 1 amide bonds. The number of esters is 1. The molecule has 0 bridgehead atoms. The molecule has 0 aromatic heterocycles. The van der Waals surface area contributed by atoms with Crippen molar-refractivity contribution in [1.29, 1.82) is 0 Å². The number of carbonyl (C=O) groups is 2. The SMILES string of the molecule is CC(O)C1C(=O)N2[C@@H]1S(=O)C(C)(C)[C@@H]2C(=O)OC(C)(C)C. The topological polar surface area (TPSA) is 83.9 Å². The first-order valence-electron chi connectivity index (χ1n) is 7.03. The minimum absolute atomic E-state index is 0.329. The number of rotatable bonds is 2. The molecule has 7 heteroatoms. The maximum atomic E-state index is 12.6. The molecule has 6 nitrogen and oxygen atoms in total. The quantitative estimate of drug-likeness (QED) is 0.589. The van der Waals surface area contributed by atoms with Crippen LogP contribution in [-0.2, 0) is 25.1 Å². The summed E-state index contributed by atoms with van der Waals surface area (Å²) in [4.78, 5) is 26.0. The smallest absolute Gasteiger partial charge is 0.330 e. The Morgan fingerprint density at radius 3 is 2.38 bits per heavy atom. The third kappa shape index (κ3) is 2.40. The minimum atomic E-state index is -1.43. The van der Waals surface area contributed by atoms with E-state index in [-0.39, 0.29) is 5.91 Å². The summed E-state index contributed by atoms with van der Waals surface area (Å²) < 4.78 is 17.1. The molecule has 2 rings (SSSR count). The van der Waals surface area contributed by atoms with Gasteiger partial charge in [-0.15, -0.1) is 0 Å². The molecule has 0 spiro atoms. The molecule has 0 saturated carbocycles. The molecule has 120 valence electrons. The van der Waals surface area contributed by atoms with Crippen molar-refractivity contribution in [2.24, 2.45) is 5.92 Å². The van der Waals surface area contributed by atoms with Crippen LogP contribution >= 0.6 is 0 Å². The van der Waals surface area contributed by atoms with Gasteiger partial charge in [-0.1, -0.05) is 0 Å². The second kappa shape index (κ2) is 4.78. The molecule has 2 heterocycles. The summed E-state index contributed by atoms with van der Waals surface area (Å²) in [5, 5.41) is 9.08. The molecule has 2 aliphatic heterocycles. The number of fused-ring (bicyclic) bond motifs is 1. The fourth-order valence-electron chi connectivity index (χ4n) is 2.98. The van der Waals surface area contributed by atoms with E-state index in [1.54, 1.807) is 34.6 Å². The lowest BCUT2D eigenvalue weighted by molar-refractivity contribution is -0.176. The summed E-state index contributed by atoms with van der Waals surface area (Å²) in [6, 6.07) is -0.870. The monoisotopic (exact) mass is 317 g/mol. The Kier molecular flexibility index (Phi) is 3.73. The second-order valence-corrected chi connectivity index (χ2v) is 9.37. The normalized spacial score (nSPS) is 36.0. The zero-order chi connectivity index (χ0) is 16.3. The Balaban J connectivity index is 2.33. The molecule has 0 aliphatic carbocycles. The zero-order valence-electron chi connectivity index (χ0n) is 13.2. The Hall–Kier alpha value is -0.950. The number of hydrogen-bond acceptors (Lipinski definition) is 5. The van der Waals surface area contributed by atoms with Gasteiger partial charge in [0.25, 0.3) is 0 Å². The van der Waals surface area contributed by atoms with Crippen molar-refractivity contribution in [1.82, 2.24) is 4.90 Å². The van der Waals surface area contributed by atoms with E-state index in [2.05, 4.69) is 0 Å². The largest absolute Gasteiger partial charge is 0.458 e. The highest BCUT2D eigenvalue weighted by atomic mass is 32.2. The fraction of sp³-hybridized carbons (Fsp3) is 0.857. The maximum absolute atomic E-state index is 12.6. The predicted octanol–water partition coefficient (Wildman–Crippen LogP) is 0.403. The van der Waals surface area contributed by atoms with E-state index in [0.717, 1.165) is 0 Å². The van der Waals surface area contributed by atoms with Crippen LogP contribution < -0.4 is 0 Å². The van der Waals surface area contributed by atoms with E-state index in [0.29, 0.717) is 0 Å². The lowest BCUT2D eigenvalue weighted by atomic mass is 9.88. The lowest BCUT2D eigenvalue weighted by Crippen LogP contribution is -2.66. The molecular formula is C14H23NO5S. The van der Waals surface area contributed by atoms with Crippen molar-refractivity contribution in [3.63, 3.8) is 0 Å². The summed E-state index contributed by atoms with van der Waals surface area (Å²) in [5.41, 5.74) is -0.676. The van der Waals surface area contributed by atoms with E-state index in [1.165, 1.54) is 11.8 Å². The van der Waals surface area contributed by atoms with Crippen LogP contribution in [0.2, 0.25) is 0 Å². The van der Waals surface area contributed by atoms with Gasteiger partial charge in [-0.25, -0.2) is 4.79 Å². The van der Waals surface area contributed by atoms with E-state index >= 15 is 0 Å². The molecule has 0 radical (unpaired) electrons. The van der Waals surface area contributed by atoms with Crippen molar-refractivity contribution in [3.8, 4) is 0 Å². The van der Waals surface area contributed by atoms with Gasteiger partial charge in [-0.05, 0) is 41.5 Å². The molecule has 0 aromatic carbocycles. The van der Waals surface area contributed by atoms with Gasteiger partial charge in [0, 0.05) is 0 Å². The molecule has 21 heavy (non-hydrogen) atoms. The number of aliphatic hydroxyl groups excluding tert-OH is 1. The Labute approximate surface area is 127 Å². The zero-order valence-corrected chi connectivity index (χ0v) is 14.1. The first kappa shape index (κ1) is 16.4. The predicted molar refractivity (Wildman–Crippen MR) is 77.7 cm³/mol. The first-order valence-corrected chi connectivity index (χ1v) is 8.24. The number of carbonyl (C=O) groups excluding carboxylic acids is 2. The molecular weight excluding hydrogens is 294 g/mol. The van der Waals surface area contributed by atoms with E-state index in [9.17, 15) is 18.9 Å². The van der Waals surface area contributed by atoms with Crippen molar-refractivity contribution in [2.45, 2.75) is 69.4 Å². The highest BCUT2D eigenvalue weighted by molar-refractivity contribution is 7.87. The van der Waals surface area contributed by atoms with E-state index < -0.39 is 50.6 Å². The molecule has 2 fully saturated rings. The van der Waals surface area contributed by atoms with Crippen LogP contribution in [0.4, 0.5) is 0 Å². The standard InChI is InChI=1S/C14H23NO5S/c1-7(16)8-10(17)15-9(12(18)20-13(2,3)4)14(5,6)21(19)11(8)15/h7-9,11,16H,1-6H3/t7?,8?,9-,11+,21?/m0/s1. The highest BCUT2D eigenvalue weighted by Gasteiger charge is 2.69. The Bertz CT molecular complexity index is 508. The van der Waals surface area contributed by atoms with Gasteiger partial charge in [-0.3, -0.25) is 9.00 Å². The number of hydrogen-bond donors (Lipinski definition) is 1. The van der Waals surface area contributed by atoms with Crippen LogP contribution in [0.1, 0.15) is 41.5 Å². The van der Waals surface area contributed by atoms with Crippen molar-refractivity contribution in [2.75, 3.05) is 0 Å². The van der Waals surface area contributed by atoms with Crippen LogP contribution in [0.25, 0.3) is 0 Å². The van der Waals surface area contributed by atoms with Gasteiger partial charge in [0.15, 0.2) is 0 Å². The summed E-state index contributed by atoms with van der Waals surface area (Å²) in [5.74, 6) is -1.57. The lowest BCUT2D eigenvalue weighted by Gasteiger charge is -2.44. The number of β-lactam (4-membered cyclic amide) rings is 1. The van der Waals surface area contributed by atoms with Crippen molar-refractivity contribution >= 4 is 22.7 Å². The van der Waals surface area contributed by atoms with Gasteiger partial charge in [-0.2, -0.15) is 0 Å². The maximum Gasteiger partial charge on any atom is 0.330 e. The number of aliphatic hydroxyl groups is 1. The first-order chi connectivity index (χ1) is 9.39. The molecule has 5 atom stereocenters. The van der Waals surface area contributed by atoms with Gasteiger partial charge in [0.2, 0.25) is 5.91 Å². The van der Waals surface area contributed by atoms with Crippen LogP contribution in [0.5, 0.6) is 0 Å². The third-order valence-corrected chi connectivity index (χ3v) is 6.16. The summed E-state index contributed by atoms with van der Waals surface area (Å²) in [7, 11) is -1.43. The van der Waals surface area contributed by atoms with Gasteiger partial charge < -0.3 is 14.7 Å². The van der Waals surface area contributed by atoms with E-state index in [4.69, 9.17) is 4.74 Å². The summed E-state index contributed by atoms with van der Waals surface area (Å²) in [6.45, 7) is 10.1. The molecule has 2 saturated heterocycles. The summed E-state index contributed by atoms with van der Waals surface area (Å²) >= 11 is 0. The minimum Gasteiger partial charge on any atom is -0.458 e. The highest BCUT2D eigenvalue weighted by Crippen LogP contribution is 2.47. The number of amides is 1. The van der Waals surface area contributed by atoms with Crippen LogP contribution in [0.15, 0.2) is 0 Å². The molecule has 2 aliphatic rings. The van der Waals surface area contributed by atoms with Gasteiger partial charge in [0.1, 0.15) is 17.0 Å². The van der Waals surface area contributed by atoms with Gasteiger partial charge >= 0.3 is 5.97 Å². The summed E-state index contributed by atoms with van der Waals surface area (Å²) in [6.07, 6.45) is -0.879. The molecule has 1 N–H and O–H groups in total. The van der Waals surface area contributed by atoms with Crippen LogP contribution in [0.3, 0.4) is 0 Å². The Morgan fingerprint density at radius 2 is 1.95 bits per heavy atom. The van der Waals surface area contributed by atoms with E-state index in [1.807, 2.05) is 0 Å².